The first-order valence-electron chi connectivity index (χ1n) is 4.26. The maximum atomic E-state index is 8.79. The lowest BCUT2D eigenvalue weighted by molar-refractivity contribution is -0.0141. The molecule has 1 aliphatic carbocycles. The van der Waals surface area contributed by atoms with Gasteiger partial charge in [-0.3, -0.25) is 0 Å². The van der Waals surface area contributed by atoms with Crippen molar-refractivity contribution in [2.75, 3.05) is 20.3 Å². The first kappa shape index (κ1) is 8.97. The van der Waals surface area contributed by atoms with Crippen molar-refractivity contribution in [1.82, 2.24) is 5.32 Å². The maximum absolute atomic E-state index is 8.79. The molecule has 1 unspecified atom stereocenters. The summed E-state index contributed by atoms with van der Waals surface area (Å²) in [5.41, 5.74) is 0. The Morgan fingerprint density at radius 1 is 1.64 bits per heavy atom. The van der Waals surface area contributed by atoms with Crippen molar-refractivity contribution in [3.8, 4) is 0 Å². The summed E-state index contributed by atoms with van der Waals surface area (Å²) >= 11 is 0. The summed E-state index contributed by atoms with van der Waals surface area (Å²) in [6.07, 6.45) is 4.16. The van der Waals surface area contributed by atoms with Gasteiger partial charge in [-0.1, -0.05) is 0 Å². The Kier molecular flexibility index (Phi) is 3.83. The first-order chi connectivity index (χ1) is 5.36. The molecule has 1 rings (SSSR count). The van der Waals surface area contributed by atoms with Gasteiger partial charge in [-0.25, -0.2) is 0 Å². The summed E-state index contributed by atoms with van der Waals surface area (Å²) in [5.74, 6) is 0. The molecule has 0 amide bonds. The lowest BCUT2D eigenvalue weighted by Gasteiger charge is -2.27. The molecular weight excluding hydrogens is 142 g/mol. The van der Waals surface area contributed by atoms with E-state index < -0.39 is 0 Å². The standard InChI is InChI=1S/C8H17NO2/c1-9-7(5-10)6-11-8-3-2-4-8/h7-10H,2-6H2,1H3. The van der Waals surface area contributed by atoms with Crippen LogP contribution in [-0.4, -0.2) is 37.5 Å². The van der Waals surface area contributed by atoms with Crippen molar-refractivity contribution in [1.29, 1.82) is 0 Å². The summed E-state index contributed by atoms with van der Waals surface area (Å²) in [6.45, 7) is 0.793. The Labute approximate surface area is 67.7 Å². The molecule has 1 fully saturated rings. The van der Waals surface area contributed by atoms with Crippen LogP contribution in [0.1, 0.15) is 19.3 Å². The summed E-state index contributed by atoms with van der Waals surface area (Å²) in [5, 5.41) is 11.8. The topological polar surface area (TPSA) is 41.5 Å². The van der Waals surface area contributed by atoms with Gasteiger partial charge >= 0.3 is 0 Å². The number of aliphatic hydroxyl groups excluding tert-OH is 1. The highest BCUT2D eigenvalue weighted by Gasteiger charge is 2.18. The summed E-state index contributed by atoms with van der Waals surface area (Å²) in [4.78, 5) is 0. The Morgan fingerprint density at radius 3 is 2.73 bits per heavy atom. The fraction of sp³-hybridized carbons (Fsp3) is 1.00. The number of ether oxygens (including phenoxy) is 1. The van der Waals surface area contributed by atoms with Gasteiger partial charge in [0.25, 0.3) is 0 Å². The highest BCUT2D eigenvalue weighted by atomic mass is 16.5. The molecule has 3 nitrogen and oxygen atoms in total. The van der Waals surface area contributed by atoms with E-state index in [4.69, 9.17) is 9.84 Å². The molecule has 0 radical (unpaired) electrons. The fourth-order valence-corrected chi connectivity index (χ4v) is 1.02. The van der Waals surface area contributed by atoms with Gasteiger partial charge < -0.3 is 15.2 Å². The molecule has 1 atom stereocenters. The van der Waals surface area contributed by atoms with E-state index >= 15 is 0 Å². The number of hydrogen-bond donors (Lipinski definition) is 2. The molecule has 0 aliphatic heterocycles. The zero-order chi connectivity index (χ0) is 8.10. The average molecular weight is 159 g/mol. The molecule has 2 N–H and O–H groups in total. The monoisotopic (exact) mass is 159 g/mol. The second kappa shape index (κ2) is 4.70. The van der Waals surface area contributed by atoms with Crippen LogP contribution in [0.5, 0.6) is 0 Å². The molecule has 0 aromatic rings. The molecule has 11 heavy (non-hydrogen) atoms. The van der Waals surface area contributed by atoms with Crippen molar-refractivity contribution < 1.29 is 9.84 Å². The Morgan fingerprint density at radius 2 is 2.36 bits per heavy atom. The van der Waals surface area contributed by atoms with E-state index in [1.807, 2.05) is 7.05 Å². The minimum absolute atomic E-state index is 0.107. The van der Waals surface area contributed by atoms with E-state index in [1.165, 1.54) is 19.3 Å². The molecule has 0 heterocycles. The molecule has 3 heteroatoms. The van der Waals surface area contributed by atoms with Gasteiger partial charge in [-0.2, -0.15) is 0 Å². The van der Waals surface area contributed by atoms with E-state index in [0.29, 0.717) is 12.7 Å². The van der Waals surface area contributed by atoms with Crippen molar-refractivity contribution in [3.05, 3.63) is 0 Å². The third-order valence-corrected chi connectivity index (χ3v) is 2.21. The zero-order valence-electron chi connectivity index (χ0n) is 7.05. The van der Waals surface area contributed by atoms with Crippen molar-refractivity contribution in [3.63, 3.8) is 0 Å². The minimum atomic E-state index is 0.107. The highest BCUT2D eigenvalue weighted by Crippen LogP contribution is 2.21. The first-order valence-corrected chi connectivity index (χ1v) is 4.26. The third kappa shape index (κ3) is 2.77. The van der Waals surface area contributed by atoms with Crippen molar-refractivity contribution in [2.24, 2.45) is 0 Å². The van der Waals surface area contributed by atoms with Crippen molar-refractivity contribution >= 4 is 0 Å². The fourth-order valence-electron chi connectivity index (χ4n) is 1.02. The van der Waals surface area contributed by atoms with Gasteiger partial charge in [0.2, 0.25) is 0 Å². The third-order valence-electron chi connectivity index (χ3n) is 2.21. The molecule has 1 saturated carbocycles. The summed E-state index contributed by atoms with van der Waals surface area (Å²) in [6, 6.07) is 0.107. The van der Waals surface area contributed by atoms with E-state index in [1.54, 1.807) is 0 Å². The van der Waals surface area contributed by atoms with Gasteiger partial charge in [0.1, 0.15) is 0 Å². The van der Waals surface area contributed by atoms with Gasteiger partial charge in [0.05, 0.1) is 25.4 Å². The van der Waals surface area contributed by atoms with E-state index in [2.05, 4.69) is 5.32 Å². The van der Waals surface area contributed by atoms with Crippen LogP contribution in [-0.2, 0) is 4.74 Å². The van der Waals surface area contributed by atoms with Gasteiger partial charge in [-0.15, -0.1) is 0 Å². The smallest absolute Gasteiger partial charge is 0.0645 e. The van der Waals surface area contributed by atoms with Crippen LogP contribution < -0.4 is 5.32 Å². The summed E-state index contributed by atoms with van der Waals surface area (Å²) in [7, 11) is 1.84. The van der Waals surface area contributed by atoms with E-state index in [0.717, 1.165) is 0 Å². The summed E-state index contributed by atoms with van der Waals surface area (Å²) < 4.78 is 5.50. The quantitative estimate of drug-likeness (QED) is 0.599. The van der Waals surface area contributed by atoms with Crippen LogP contribution in [0.3, 0.4) is 0 Å². The highest BCUT2D eigenvalue weighted by molar-refractivity contribution is 4.71. The molecule has 0 aromatic heterocycles. The van der Waals surface area contributed by atoms with E-state index in [-0.39, 0.29) is 12.6 Å². The molecule has 0 bridgehead atoms. The molecule has 0 spiro atoms. The van der Waals surface area contributed by atoms with Crippen LogP contribution in [0.4, 0.5) is 0 Å². The Balaban J connectivity index is 1.99. The van der Waals surface area contributed by atoms with Crippen LogP contribution in [0.2, 0.25) is 0 Å². The number of aliphatic hydroxyl groups is 1. The van der Waals surface area contributed by atoms with Crippen molar-refractivity contribution in [2.45, 2.75) is 31.4 Å². The number of nitrogens with one attached hydrogen (secondary N) is 1. The Hall–Kier alpha value is -0.120. The normalized spacial score (nSPS) is 21.3. The minimum Gasteiger partial charge on any atom is -0.395 e. The lowest BCUT2D eigenvalue weighted by Crippen LogP contribution is -2.36. The van der Waals surface area contributed by atoms with Crippen LogP contribution in [0.25, 0.3) is 0 Å². The second-order valence-electron chi connectivity index (χ2n) is 3.05. The number of rotatable bonds is 5. The van der Waals surface area contributed by atoms with E-state index in [9.17, 15) is 0 Å². The Bertz CT molecular complexity index is 100. The molecular formula is C8H17NO2. The maximum Gasteiger partial charge on any atom is 0.0645 e. The molecule has 0 saturated heterocycles. The zero-order valence-corrected chi connectivity index (χ0v) is 7.05. The second-order valence-corrected chi connectivity index (χ2v) is 3.05. The molecule has 0 aromatic carbocycles. The number of likely N-dealkylation sites (N-methyl/N-ethyl adjacent to an activating group) is 1. The molecule has 1 aliphatic rings. The largest absolute Gasteiger partial charge is 0.395 e. The van der Waals surface area contributed by atoms with Gasteiger partial charge in [0, 0.05) is 0 Å². The lowest BCUT2D eigenvalue weighted by atomic mass is 9.96. The number of hydrogen-bond acceptors (Lipinski definition) is 3. The predicted octanol–water partition coefficient (Wildman–Crippen LogP) is 0.136. The SMILES string of the molecule is CNC(CO)COC1CCC1. The van der Waals surface area contributed by atoms with Gasteiger partial charge in [0.15, 0.2) is 0 Å². The van der Waals surface area contributed by atoms with Gasteiger partial charge in [-0.05, 0) is 26.3 Å². The predicted molar refractivity (Wildman–Crippen MR) is 43.5 cm³/mol. The van der Waals surface area contributed by atoms with Crippen LogP contribution in [0, 0.1) is 0 Å². The molecule has 66 valence electrons. The van der Waals surface area contributed by atoms with Crippen LogP contribution in [0.15, 0.2) is 0 Å². The average Bonchev–Trinajstić information content (AvgIpc) is 1.95. The van der Waals surface area contributed by atoms with Crippen LogP contribution >= 0.6 is 0 Å².